The van der Waals surface area contributed by atoms with Crippen LogP contribution in [-0.2, 0) is 4.74 Å². The molecule has 0 aliphatic carbocycles. The summed E-state index contributed by atoms with van der Waals surface area (Å²) >= 11 is 0. The molecule has 2 nitrogen and oxygen atoms in total. The minimum atomic E-state index is -0.140. The van der Waals surface area contributed by atoms with Crippen molar-refractivity contribution in [2.24, 2.45) is 5.92 Å². The van der Waals surface area contributed by atoms with E-state index >= 15 is 0 Å². The van der Waals surface area contributed by atoms with Crippen LogP contribution in [0.1, 0.15) is 24.5 Å². The maximum atomic E-state index is 6.34. The lowest BCUT2D eigenvalue weighted by molar-refractivity contribution is -0.0388. The first-order chi connectivity index (χ1) is 12.1. The van der Waals surface area contributed by atoms with E-state index in [2.05, 4.69) is 75.4 Å². The molecule has 0 aromatic heterocycles. The number of benzene rings is 3. The molecule has 0 N–H and O–H groups in total. The van der Waals surface area contributed by atoms with Crippen molar-refractivity contribution >= 4 is 10.8 Å². The third kappa shape index (κ3) is 2.91. The van der Waals surface area contributed by atoms with Crippen molar-refractivity contribution in [2.45, 2.75) is 33.5 Å². The second-order valence-corrected chi connectivity index (χ2v) is 7.09. The van der Waals surface area contributed by atoms with Crippen LogP contribution in [0, 0.1) is 19.8 Å². The van der Waals surface area contributed by atoms with Gasteiger partial charge in [0.1, 0.15) is 5.75 Å². The van der Waals surface area contributed by atoms with Crippen molar-refractivity contribution in [1.29, 1.82) is 0 Å². The summed E-state index contributed by atoms with van der Waals surface area (Å²) in [6, 6.07) is 19.1. The van der Waals surface area contributed by atoms with Crippen LogP contribution in [0.2, 0.25) is 0 Å². The molecule has 1 aliphatic heterocycles. The largest absolute Gasteiger partial charge is 0.464 e. The Morgan fingerprint density at radius 2 is 1.56 bits per heavy atom. The average molecular weight is 332 g/mol. The zero-order chi connectivity index (χ0) is 17.4. The summed E-state index contributed by atoms with van der Waals surface area (Å²) < 4.78 is 12.1. The van der Waals surface area contributed by atoms with Crippen molar-refractivity contribution in [2.75, 3.05) is 6.61 Å². The van der Waals surface area contributed by atoms with Crippen LogP contribution < -0.4 is 4.74 Å². The summed E-state index contributed by atoms with van der Waals surface area (Å²) in [5.74, 6) is 1.52. The number of hydrogen-bond acceptors (Lipinski definition) is 2. The summed E-state index contributed by atoms with van der Waals surface area (Å²) in [6.07, 6.45) is 0.812. The molecule has 0 amide bonds. The molecule has 1 aliphatic rings. The third-order valence-electron chi connectivity index (χ3n) is 5.19. The summed E-state index contributed by atoms with van der Waals surface area (Å²) in [6.45, 7) is 7.33. The zero-order valence-corrected chi connectivity index (χ0v) is 15.1. The van der Waals surface area contributed by atoms with Crippen LogP contribution in [0.5, 0.6) is 5.75 Å². The highest BCUT2D eigenvalue weighted by molar-refractivity contribution is 6.02. The van der Waals surface area contributed by atoms with Gasteiger partial charge in [0.05, 0.1) is 6.61 Å². The highest BCUT2D eigenvalue weighted by Gasteiger charge is 2.26. The van der Waals surface area contributed by atoms with Crippen LogP contribution in [0.4, 0.5) is 0 Å². The Morgan fingerprint density at radius 3 is 2.24 bits per heavy atom. The Bertz CT molecular complexity index is 899. The maximum absolute atomic E-state index is 6.34. The molecule has 0 saturated carbocycles. The highest BCUT2D eigenvalue weighted by Crippen LogP contribution is 2.41. The maximum Gasteiger partial charge on any atom is 0.200 e. The Kier molecular flexibility index (Phi) is 4.22. The molecule has 1 saturated heterocycles. The molecule has 128 valence electrons. The van der Waals surface area contributed by atoms with Gasteiger partial charge >= 0.3 is 0 Å². The van der Waals surface area contributed by atoms with Crippen molar-refractivity contribution in [3.8, 4) is 16.9 Å². The molecule has 2 atom stereocenters. The van der Waals surface area contributed by atoms with E-state index in [1.807, 2.05) is 0 Å². The quantitative estimate of drug-likeness (QED) is 0.596. The van der Waals surface area contributed by atoms with Gasteiger partial charge < -0.3 is 9.47 Å². The standard InChI is InChI=1S/C23H24O2/c1-15-13-21(24-14-15)25-23-17(3)16(2)22(18-9-5-4-6-10-18)19-11-7-8-12-20(19)23/h4-12,15,21H,13-14H2,1-3H3. The molecule has 25 heavy (non-hydrogen) atoms. The topological polar surface area (TPSA) is 18.5 Å². The van der Waals surface area contributed by atoms with Crippen molar-refractivity contribution in [1.82, 2.24) is 0 Å². The lowest BCUT2D eigenvalue weighted by Gasteiger charge is -2.21. The Hall–Kier alpha value is -2.32. The summed E-state index contributed by atoms with van der Waals surface area (Å²) in [5.41, 5.74) is 5.00. The predicted molar refractivity (Wildman–Crippen MR) is 103 cm³/mol. The first-order valence-electron chi connectivity index (χ1n) is 9.00. The van der Waals surface area contributed by atoms with E-state index < -0.39 is 0 Å². The highest BCUT2D eigenvalue weighted by atomic mass is 16.7. The van der Waals surface area contributed by atoms with Crippen molar-refractivity contribution in [3.63, 3.8) is 0 Å². The lowest BCUT2D eigenvalue weighted by atomic mass is 9.90. The molecule has 0 radical (unpaired) electrons. The number of rotatable bonds is 3. The smallest absolute Gasteiger partial charge is 0.200 e. The SMILES string of the molecule is Cc1c(C)c(-c2ccccc2)c2ccccc2c1OC1CC(C)CO1. The monoisotopic (exact) mass is 332 g/mol. The van der Waals surface area contributed by atoms with Gasteiger partial charge in [-0.2, -0.15) is 0 Å². The lowest BCUT2D eigenvalue weighted by Crippen LogP contribution is -2.15. The third-order valence-corrected chi connectivity index (χ3v) is 5.19. The van der Waals surface area contributed by atoms with Gasteiger partial charge in [-0.05, 0) is 47.4 Å². The fraction of sp³-hybridized carbons (Fsp3) is 0.304. The molecule has 2 unspecified atom stereocenters. The van der Waals surface area contributed by atoms with E-state index in [0.29, 0.717) is 5.92 Å². The Balaban J connectivity index is 1.90. The normalized spacial score (nSPS) is 20.1. The average Bonchev–Trinajstić information content (AvgIpc) is 3.05. The molecule has 3 aromatic rings. The van der Waals surface area contributed by atoms with E-state index in [1.165, 1.54) is 27.6 Å². The van der Waals surface area contributed by atoms with Gasteiger partial charge in [-0.25, -0.2) is 0 Å². The van der Waals surface area contributed by atoms with Gasteiger partial charge in [-0.3, -0.25) is 0 Å². The number of ether oxygens (including phenoxy) is 2. The van der Waals surface area contributed by atoms with E-state index in [-0.39, 0.29) is 6.29 Å². The molecule has 0 bridgehead atoms. The fourth-order valence-electron chi connectivity index (χ4n) is 3.74. The Morgan fingerprint density at radius 1 is 0.880 bits per heavy atom. The summed E-state index contributed by atoms with van der Waals surface area (Å²) in [7, 11) is 0. The predicted octanol–water partition coefficient (Wildman–Crippen LogP) is 5.88. The molecule has 2 heteroatoms. The number of hydrogen-bond donors (Lipinski definition) is 0. The zero-order valence-electron chi connectivity index (χ0n) is 15.1. The van der Waals surface area contributed by atoms with Gasteiger partial charge in [-0.15, -0.1) is 0 Å². The molecule has 3 aromatic carbocycles. The van der Waals surface area contributed by atoms with Gasteiger partial charge in [-0.1, -0.05) is 61.5 Å². The van der Waals surface area contributed by atoms with E-state index in [0.717, 1.165) is 24.2 Å². The van der Waals surface area contributed by atoms with Crippen LogP contribution in [0.3, 0.4) is 0 Å². The first kappa shape index (κ1) is 16.2. The van der Waals surface area contributed by atoms with E-state index in [4.69, 9.17) is 9.47 Å². The Labute approximate surface area is 149 Å². The van der Waals surface area contributed by atoms with Gasteiger partial charge in [0.2, 0.25) is 0 Å². The minimum Gasteiger partial charge on any atom is -0.464 e. The van der Waals surface area contributed by atoms with Crippen LogP contribution in [0.15, 0.2) is 54.6 Å². The van der Waals surface area contributed by atoms with Gasteiger partial charge in [0, 0.05) is 11.8 Å². The van der Waals surface area contributed by atoms with Gasteiger partial charge in [0.25, 0.3) is 0 Å². The second-order valence-electron chi connectivity index (χ2n) is 7.09. The summed E-state index contributed by atoms with van der Waals surface area (Å²) in [4.78, 5) is 0. The van der Waals surface area contributed by atoms with Crippen LogP contribution in [0.25, 0.3) is 21.9 Å². The van der Waals surface area contributed by atoms with E-state index in [1.54, 1.807) is 0 Å². The minimum absolute atomic E-state index is 0.140. The van der Waals surface area contributed by atoms with Crippen LogP contribution in [-0.4, -0.2) is 12.9 Å². The molecule has 1 heterocycles. The van der Waals surface area contributed by atoms with Crippen molar-refractivity contribution in [3.05, 3.63) is 65.7 Å². The summed E-state index contributed by atoms with van der Waals surface area (Å²) in [5, 5.41) is 2.39. The molecule has 0 spiro atoms. The van der Waals surface area contributed by atoms with Crippen molar-refractivity contribution < 1.29 is 9.47 Å². The molecular weight excluding hydrogens is 308 g/mol. The molecular formula is C23H24O2. The fourth-order valence-corrected chi connectivity index (χ4v) is 3.74. The molecule has 1 fully saturated rings. The van der Waals surface area contributed by atoms with E-state index in [9.17, 15) is 0 Å². The molecule has 4 rings (SSSR count). The number of fused-ring (bicyclic) bond motifs is 1. The first-order valence-corrected chi connectivity index (χ1v) is 9.00. The second kappa shape index (κ2) is 6.53. The van der Waals surface area contributed by atoms with Crippen LogP contribution >= 0.6 is 0 Å². The van der Waals surface area contributed by atoms with Gasteiger partial charge in [0.15, 0.2) is 6.29 Å².